The first-order valence-electron chi connectivity index (χ1n) is 21.6. The van der Waals surface area contributed by atoms with E-state index in [1.165, 1.54) is 59.9 Å². The molecule has 13 aromatic rings. The molecule has 3 nitrogen and oxygen atoms in total. The van der Waals surface area contributed by atoms with Crippen molar-refractivity contribution in [3.63, 3.8) is 0 Å². The molecule has 0 atom stereocenters. The number of rotatable bonds is 6. The molecule has 0 spiro atoms. The summed E-state index contributed by atoms with van der Waals surface area (Å²) in [6.45, 7) is 0. The van der Waals surface area contributed by atoms with Crippen LogP contribution < -0.4 is 4.90 Å². The number of hydrogen-bond acceptors (Lipinski definition) is 2. The molecule has 0 aliphatic heterocycles. The maximum Gasteiger partial charge on any atom is 0.143 e. The predicted octanol–water partition coefficient (Wildman–Crippen LogP) is 16.9. The van der Waals surface area contributed by atoms with Crippen molar-refractivity contribution >= 4 is 93.1 Å². The molecular weight excluding hydrogens is 765 g/mol. The summed E-state index contributed by atoms with van der Waals surface area (Å²) in [5.74, 6) is 0. The van der Waals surface area contributed by atoms with E-state index in [0.717, 1.165) is 61.2 Å². The minimum Gasteiger partial charge on any atom is -0.455 e. The standard InChI is InChI=1S/C60H38N2O/c1-4-18-49-39(13-1)31-36-54-59-48(23-12-26-58(59)63-60(49)54)40-27-32-43(33-28-40)61(45-15-11-16-46(38-45)62-56-24-9-7-21-52(56)53-22-8-10-25-57(53)62)44-34-29-41(30-35-44)55-37-42-14-2-3-17-47(42)50-19-5-6-20-51(50)55/h1-38H. The average molecular weight is 803 g/mol. The number of benzene rings is 11. The largest absolute Gasteiger partial charge is 0.455 e. The summed E-state index contributed by atoms with van der Waals surface area (Å²) < 4.78 is 8.97. The van der Waals surface area contributed by atoms with E-state index >= 15 is 0 Å². The highest BCUT2D eigenvalue weighted by atomic mass is 16.3. The maximum absolute atomic E-state index is 6.58. The summed E-state index contributed by atoms with van der Waals surface area (Å²) >= 11 is 0. The maximum atomic E-state index is 6.58. The predicted molar refractivity (Wildman–Crippen MR) is 266 cm³/mol. The fourth-order valence-corrected chi connectivity index (χ4v) is 10.1. The van der Waals surface area contributed by atoms with Gasteiger partial charge in [0.15, 0.2) is 0 Å². The number of nitrogens with zero attached hydrogens (tertiary/aromatic N) is 2. The molecule has 0 aliphatic rings. The van der Waals surface area contributed by atoms with Gasteiger partial charge in [-0.2, -0.15) is 0 Å². The van der Waals surface area contributed by atoms with Crippen LogP contribution in [0.1, 0.15) is 0 Å². The zero-order valence-corrected chi connectivity index (χ0v) is 34.2. The molecule has 13 rings (SSSR count). The van der Waals surface area contributed by atoms with Crippen LogP contribution in [0, 0.1) is 0 Å². The van der Waals surface area contributed by atoms with Crippen LogP contribution in [-0.2, 0) is 0 Å². The van der Waals surface area contributed by atoms with Gasteiger partial charge in [0.2, 0.25) is 0 Å². The molecule has 0 radical (unpaired) electrons. The van der Waals surface area contributed by atoms with Crippen molar-refractivity contribution in [2.75, 3.05) is 4.90 Å². The van der Waals surface area contributed by atoms with Gasteiger partial charge < -0.3 is 13.9 Å². The highest BCUT2D eigenvalue weighted by Gasteiger charge is 2.19. The van der Waals surface area contributed by atoms with Gasteiger partial charge in [0.25, 0.3) is 0 Å². The van der Waals surface area contributed by atoms with E-state index < -0.39 is 0 Å². The summed E-state index contributed by atoms with van der Waals surface area (Å²) in [6.07, 6.45) is 0. The van der Waals surface area contributed by atoms with Gasteiger partial charge in [0, 0.05) is 49.7 Å². The number of anilines is 3. The minimum absolute atomic E-state index is 0.894. The summed E-state index contributed by atoms with van der Waals surface area (Å²) in [5, 5.41) is 12.1. The SMILES string of the molecule is c1cc(N(c2ccc(-c3cc4ccccc4c4ccccc34)cc2)c2ccc(-c3cccc4oc5c6ccccc6ccc5c34)cc2)cc(-n2c3ccccc3c3ccccc32)c1. The molecule has 0 saturated carbocycles. The lowest BCUT2D eigenvalue weighted by Gasteiger charge is -2.27. The van der Waals surface area contributed by atoms with Crippen molar-refractivity contribution < 1.29 is 4.42 Å². The lowest BCUT2D eigenvalue weighted by atomic mass is 9.93. The second-order valence-electron chi connectivity index (χ2n) is 16.5. The van der Waals surface area contributed by atoms with Crippen molar-refractivity contribution in [1.82, 2.24) is 4.57 Å². The zero-order chi connectivity index (χ0) is 41.4. The molecule has 2 aromatic heterocycles. The third kappa shape index (κ3) is 5.60. The van der Waals surface area contributed by atoms with Crippen molar-refractivity contribution in [1.29, 1.82) is 0 Å². The molecular formula is C60H38N2O. The summed E-state index contributed by atoms with van der Waals surface area (Å²) in [7, 11) is 0. The Hall–Kier alpha value is -8.40. The minimum atomic E-state index is 0.894. The highest BCUT2D eigenvalue weighted by molar-refractivity contribution is 6.19. The van der Waals surface area contributed by atoms with Crippen LogP contribution in [0.3, 0.4) is 0 Å². The van der Waals surface area contributed by atoms with E-state index in [2.05, 4.69) is 240 Å². The first-order chi connectivity index (χ1) is 31.2. The smallest absolute Gasteiger partial charge is 0.143 e. The molecule has 0 aliphatic carbocycles. The van der Waals surface area contributed by atoms with Crippen LogP contribution in [0.5, 0.6) is 0 Å². The Morgan fingerprint density at radius 2 is 0.905 bits per heavy atom. The molecule has 0 saturated heterocycles. The van der Waals surface area contributed by atoms with Crippen LogP contribution >= 0.6 is 0 Å². The molecule has 0 bridgehead atoms. The number of fused-ring (bicyclic) bond motifs is 11. The van der Waals surface area contributed by atoms with E-state index in [1.54, 1.807) is 0 Å². The quantitative estimate of drug-likeness (QED) is 0.156. The second-order valence-corrected chi connectivity index (χ2v) is 16.5. The molecule has 294 valence electrons. The Labute approximate surface area is 363 Å². The third-order valence-corrected chi connectivity index (χ3v) is 13.0. The van der Waals surface area contributed by atoms with Gasteiger partial charge >= 0.3 is 0 Å². The Morgan fingerprint density at radius 1 is 0.333 bits per heavy atom. The lowest BCUT2D eigenvalue weighted by molar-refractivity contribution is 0.673. The second kappa shape index (κ2) is 14.1. The molecule has 2 heterocycles. The number of hydrogen-bond donors (Lipinski definition) is 0. The normalized spacial score (nSPS) is 11.8. The Morgan fingerprint density at radius 3 is 1.62 bits per heavy atom. The molecule has 3 heteroatoms. The summed E-state index contributed by atoms with van der Waals surface area (Å²) in [5.41, 5.74) is 13.2. The number of para-hydroxylation sites is 2. The van der Waals surface area contributed by atoms with Crippen molar-refractivity contribution in [3.8, 4) is 27.9 Å². The van der Waals surface area contributed by atoms with Gasteiger partial charge in [-0.25, -0.2) is 0 Å². The number of aromatic nitrogens is 1. The molecule has 0 amide bonds. The highest BCUT2D eigenvalue weighted by Crippen LogP contribution is 2.43. The van der Waals surface area contributed by atoms with Crippen LogP contribution in [0.4, 0.5) is 17.1 Å². The van der Waals surface area contributed by atoms with Gasteiger partial charge in [-0.05, 0) is 122 Å². The van der Waals surface area contributed by atoms with Crippen molar-refractivity contribution in [3.05, 3.63) is 231 Å². The van der Waals surface area contributed by atoms with Gasteiger partial charge in [0.1, 0.15) is 11.2 Å². The topological polar surface area (TPSA) is 21.3 Å². The fourth-order valence-electron chi connectivity index (χ4n) is 10.1. The monoisotopic (exact) mass is 802 g/mol. The summed E-state index contributed by atoms with van der Waals surface area (Å²) in [6, 6.07) is 83.5. The van der Waals surface area contributed by atoms with Gasteiger partial charge in [-0.15, -0.1) is 0 Å². The molecule has 0 N–H and O–H groups in total. The van der Waals surface area contributed by atoms with E-state index in [-0.39, 0.29) is 0 Å². The van der Waals surface area contributed by atoms with Gasteiger partial charge in [-0.1, -0.05) is 158 Å². The van der Waals surface area contributed by atoms with E-state index in [4.69, 9.17) is 4.42 Å². The Balaban J connectivity index is 0.964. The van der Waals surface area contributed by atoms with E-state index in [1.807, 2.05) is 0 Å². The lowest BCUT2D eigenvalue weighted by Crippen LogP contribution is -2.10. The van der Waals surface area contributed by atoms with E-state index in [0.29, 0.717) is 0 Å². The van der Waals surface area contributed by atoms with Crippen LogP contribution in [-0.4, -0.2) is 4.57 Å². The molecule has 11 aromatic carbocycles. The fraction of sp³-hybridized carbons (Fsp3) is 0. The van der Waals surface area contributed by atoms with Crippen molar-refractivity contribution in [2.45, 2.75) is 0 Å². The molecule has 63 heavy (non-hydrogen) atoms. The molecule has 0 unspecified atom stereocenters. The zero-order valence-electron chi connectivity index (χ0n) is 34.2. The van der Waals surface area contributed by atoms with Crippen LogP contribution in [0.2, 0.25) is 0 Å². The van der Waals surface area contributed by atoms with Crippen molar-refractivity contribution in [2.24, 2.45) is 0 Å². The first-order valence-corrected chi connectivity index (χ1v) is 21.6. The molecule has 0 fully saturated rings. The van der Waals surface area contributed by atoms with Crippen LogP contribution in [0.15, 0.2) is 235 Å². The average Bonchev–Trinajstić information content (AvgIpc) is 3.91. The Bertz CT molecular complexity index is 3860. The van der Waals surface area contributed by atoms with Crippen LogP contribution in [0.25, 0.3) is 104 Å². The summed E-state index contributed by atoms with van der Waals surface area (Å²) in [4.78, 5) is 2.38. The van der Waals surface area contributed by atoms with Gasteiger partial charge in [-0.3, -0.25) is 0 Å². The van der Waals surface area contributed by atoms with Gasteiger partial charge in [0.05, 0.1) is 11.0 Å². The number of furan rings is 1. The van der Waals surface area contributed by atoms with E-state index in [9.17, 15) is 0 Å². The Kier molecular flexibility index (Phi) is 7.91. The third-order valence-electron chi connectivity index (χ3n) is 13.0. The first kappa shape index (κ1) is 35.4.